The monoisotopic (exact) mass is 454 g/mol. The van der Waals surface area contributed by atoms with E-state index in [0.29, 0.717) is 34.3 Å². The summed E-state index contributed by atoms with van der Waals surface area (Å²) >= 11 is 6.19. The number of rotatable bonds is 6. The Bertz CT molecular complexity index is 1200. The smallest absolute Gasteiger partial charge is 0.248 e. The molecule has 0 aliphatic carbocycles. The Hall–Kier alpha value is -3.58. The highest BCUT2D eigenvalue weighted by atomic mass is 35.5. The molecule has 1 saturated heterocycles. The SMILES string of the molecule is COc1ccc(F)cc1Oc1cc(Cl)ccc1C1CC(=O)N(c2cccc(C(N)=O)c2)C1. The third-order valence-corrected chi connectivity index (χ3v) is 5.56. The van der Waals surface area contributed by atoms with E-state index in [-0.39, 0.29) is 24.0 Å². The number of methoxy groups -OCH3 is 1. The summed E-state index contributed by atoms with van der Waals surface area (Å²) in [5, 5.41) is 0.439. The molecule has 0 saturated carbocycles. The number of halogens is 2. The molecule has 1 atom stereocenters. The van der Waals surface area contributed by atoms with Gasteiger partial charge in [0.05, 0.1) is 7.11 Å². The Morgan fingerprint density at radius 3 is 2.66 bits per heavy atom. The van der Waals surface area contributed by atoms with Gasteiger partial charge in [-0.05, 0) is 42.5 Å². The molecule has 1 heterocycles. The Labute approximate surface area is 189 Å². The molecule has 1 aliphatic rings. The molecule has 32 heavy (non-hydrogen) atoms. The first-order chi connectivity index (χ1) is 15.4. The van der Waals surface area contributed by atoms with E-state index in [4.69, 9.17) is 26.8 Å². The predicted octanol–water partition coefficient (Wildman–Crippen LogP) is 4.90. The lowest BCUT2D eigenvalue weighted by Crippen LogP contribution is -2.24. The molecule has 1 fully saturated rings. The van der Waals surface area contributed by atoms with E-state index >= 15 is 0 Å². The molecule has 2 N–H and O–H groups in total. The lowest BCUT2D eigenvalue weighted by Gasteiger charge is -2.19. The van der Waals surface area contributed by atoms with Crippen molar-refractivity contribution < 1.29 is 23.5 Å². The van der Waals surface area contributed by atoms with Crippen molar-refractivity contribution in [1.82, 2.24) is 0 Å². The molecule has 0 spiro atoms. The first kappa shape index (κ1) is 21.6. The molecule has 3 aromatic rings. The number of anilines is 1. The fourth-order valence-corrected chi connectivity index (χ4v) is 3.94. The van der Waals surface area contributed by atoms with Crippen molar-refractivity contribution in [3.63, 3.8) is 0 Å². The highest BCUT2D eigenvalue weighted by Crippen LogP contribution is 2.41. The largest absolute Gasteiger partial charge is 0.493 e. The van der Waals surface area contributed by atoms with Gasteiger partial charge in [0.2, 0.25) is 11.8 Å². The molecule has 4 rings (SSSR count). The van der Waals surface area contributed by atoms with Gasteiger partial charge in [0.15, 0.2) is 11.5 Å². The highest BCUT2D eigenvalue weighted by molar-refractivity contribution is 6.30. The molecule has 0 radical (unpaired) electrons. The Balaban J connectivity index is 1.65. The molecule has 2 amide bonds. The average Bonchev–Trinajstić information content (AvgIpc) is 3.15. The van der Waals surface area contributed by atoms with Crippen molar-refractivity contribution in [1.29, 1.82) is 0 Å². The van der Waals surface area contributed by atoms with E-state index in [1.807, 2.05) is 0 Å². The summed E-state index contributed by atoms with van der Waals surface area (Å²) in [6.07, 6.45) is 0.235. The van der Waals surface area contributed by atoms with E-state index < -0.39 is 11.7 Å². The van der Waals surface area contributed by atoms with E-state index in [1.54, 1.807) is 47.4 Å². The maximum Gasteiger partial charge on any atom is 0.248 e. The fourth-order valence-electron chi connectivity index (χ4n) is 3.78. The van der Waals surface area contributed by atoms with Crippen LogP contribution < -0.4 is 20.1 Å². The Morgan fingerprint density at radius 2 is 1.91 bits per heavy atom. The van der Waals surface area contributed by atoms with Gasteiger partial charge in [0, 0.05) is 46.8 Å². The summed E-state index contributed by atoms with van der Waals surface area (Å²) in [6.45, 7) is 0.374. The number of hydrogen-bond acceptors (Lipinski definition) is 4. The van der Waals surface area contributed by atoms with Gasteiger partial charge >= 0.3 is 0 Å². The summed E-state index contributed by atoms with van der Waals surface area (Å²) < 4.78 is 25.1. The van der Waals surface area contributed by atoms with Crippen LogP contribution in [0.3, 0.4) is 0 Å². The van der Waals surface area contributed by atoms with Gasteiger partial charge in [-0.3, -0.25) is 9.59 Å². The number of carbonyl (C=O) groups is 2. The molecular formula is C24H20ClFN2O4. The second kappa shape index (κ2) is 8.88. The van der Waals surface area contributed by atoms with Crippen molar-refractivity contribution in [2.45, 2.75) is 12.3 Å². The van der Waals surface area contributed by atoms with Gasteiger partial charge in [0.1, 0.15) is 11.6 Å². The number of benzene rings is 3. The van der Waals surface area contributed by atoms with Crippen LogP contribution in [0.1, 0.15) is 28.3 Å². The zero-order chi connectivity index (χ0) is 22.8. The maximum atomic E-state index is 13.8. The molecule has 8 heteroatoms. The third-order valence-electron chi connectivity index (χ3n) is 5.33. The van der Waals surface area contributed by atoms with Gasteiger partial charge in [-0.1, -0.05) is 23.7 Å². The highest BCUT2D eigenvalue weighted by Gasteiger charge is 2.33. The Kier molecular flexibility index (Phi) is 6.01. The van der Waals surface area contributed by atoms with Crippen molar-refractivity contribution in [3.05, 3.63) is 82.6 Å². The van der Waals surface area contributed by atoms with Crippen molar-refractivity contribution >= 4 is 29.1 Å². The van der Waals surface area contributed by atoms with Gasteiger partial charge in [-0.2, -0.15) is 0 Å². The van der Waals surface area contributed by atoms with Crippen LogP contribution in [0, 0.1) is 5.82 Å². The number of hydrogen-bond donors (Lipinski definition) is 1. The normalized spacial score (nSPS) is 15.7. The van der Waals surface area contributed by atoms with E-state index in [2.05, 4.69) is 0 Å². The fraction of sp³-hybridized carbons (Fsp3) is 0.167. The standard InChI is InChI=1S/C24H20ClFN2O4/c1-31-20-8-6-17(26)12-22(20)32-21-11-16(25)5-7-19(21)15-10-23(29)28(13-15)18-4-2-3-14(9-18)24(27)30/h2-9,11-12,15H,10,13H2,1H3,(H2,27,30). The molecule has 1 unspecified atom stereocenters. The van der Waals surface area contributed by atoms with Gasteiger partial charge in [-0.15, -0.1) is 0 Å². The molecule has 1 aliphatic heterocycles. The van der Waals surface area contributed by atoms with E-state index in [0.717, 1.165) is 5.56 Å². The quantitative estimate of drug-likeness (QED) is 0.574. The van der Waals surface area contributed by atoms with Crippen LogP contribution >= 0.6 is 11.6 Å². The summed E-state index contributed by atoms with van der Waals surface area (Å²) in [7, 11) is 1.46. The van der Waals surface area contributed by atoms with E-state index in [1.165, 1.54) is 25.3 Å². The van der Waals surface area contributed by atoms with Crippen molar-refractivity contribution in [2.75, 3.05) is 18.6 Å². The molecule has 6 nitrogen and oxygen atoms in total. The first-order valence-corrected chi connectivity index (χ1v) is 10.2. The minimum Gasteiger partial charge on any atom is -0.493 e. The summed E-state index contributed by atoms with van der Waals surface area (Å²) in [5.41, 5.74) is 7.04. The van der Waals surface area contributed by atoms with Gasteiger partial charge in [0.25, 0.3) is 0 Å². The minimum absolute atomic E-state index is 0.0964. The summed E-state index contributed by atoms with van der Waals surface area (Å²) in [5.74, 6) is -0.358. The predicted molar refractivity (Wildman–Crippen MR) is 119 cm³/mol. The van der Waals surface area contributed by atoms with Crippen LogP contribution in [-0.4, -0.2) is 25.5 Å². The molecule has 0 aromatic heterocycles. The molecule has 3 aromatic carbocycles. The van der Waals surface area contributed by atoms with Crippen LogP contribution in [-0.2, 0) is 4.79 Å². The van der Waals surface area contributed by atoms with Gasteiger partial charge in [-0.25, -0.2) is 4.39 Å². The molecular weight excluding hydrogens is 435 g/mol. The number of nitrogens with two attached hydrogens (primary N) is 1. The molecule has 0 bridgehead atoms. The number of ether oxygens (including phenoxy) is 2. The van der Waals surface area contributed by atoms with Crippen LogP contribution in [0.25, 0.3) is 0 Å². The minimum atomic E-state index is -0.563. The zero-order valence-corrected chi connectivity index (χ0v) is 17.9. The average molecular weight is 455 g/mol. The Morgan fingerprint density at radius 1 is 1.09 bits per heavy atom. The maximum absolute atomic E-state index is 13.8. The zero-order valence-electron chi connectivity index (χ0n) is 17.2. The van der Waals surface area contributed by atoms with Gasteiger partial charge < -0.3 is 20.1 Å². The topological polar surface area (TPSA) is 81.9 Å². The molecule has 164 valence electrons. The lowest BCUT2D eigenvalue weighted by atomic mass is 9.97. The van der Waals surface area contributed by atoms with E-state index in [9.17, 15) is 14.0 Å². The second-order valence-corrected chi connectivity index (χ2v) is 7.84. The second-order valence-electron chi connectivity index (χ2n) is 7.40. The van der Waals surface area contributed by atoms with Crippen LogP contribution in [0.2, 0.25) is 5.02 Å². The summed E-state index contributed by atoms with van der Waals surface area (Å²) in [4.78, 5) is 25.9. The van der Waals surface area contributed by atoms with Crippen molar-refractivity contribution in [2.24, 2.45) is 5.73 Å². The van der Waals surface area contributed by atoms with Crippen LogP contribution in [0.5, 0.6) is 17.2 Å². The number of amides is 2. The third kappa shape index (κ3) is 4.38. The number of carbonyl (C=O) groups excluding carboxylic acids is 2. The first-order valence-electron chi connectivity index (χ1n) is 9.87. The van der Waals surface area contributed by atoms with Crippen LogP contribution in [0.15, 0.2) is 60.7 Å². The lowest BCUT2D eigenvalue weighted by molar-refractivity contribution is -0.117. The number of nitrogens with zero attached hydrogens (tertiary/aromatic N) is 1. The number of primary amides is 1. The van der Waals surface area contributed by atoms with Crippen molar-refractivity contribution in [3.8, 4) is 17.2 Å². The van der Waals surface area contributed by atoms with Crippen LogP contribution in [0.4, 0.5) is 10.1 Å². The summed E-state index contributed by atoms with van der Waals surface area (Å²) in [6, 6.07) is 15.7.